The minimum atomic E-state index is -0.845. The van der Waals surface area contributed by atoms with E-state index < -0.39 is 5.97 Å². The number of hydrogen-bond acceptors (Lipinski definition) is 1. The van der Waals surface area contributed by atoms with Crippen LogP contribution in [0.1, 0.15) is 64.7 Å². The Balaban J connectivity index is 1.85. The highest BCUT2D eigenvalue weighted by molar-refractivity contribution is 9.11. The summed E-state index contributed by atoms with van der Waals surface area (Å²) in [6, 6.07) is 0. The van der Waals surface area contributed by atoms with Gasteiger partial charge < -0.3 is 5.11 Å². The van der Waals surface area contributed by atoms with Crippen LogP contribution in [0.15, 0.2) is 22.7 Å². The van der Waals surface area contributed by atoms with Crippen molar-refractivity contribution in [2.75, 3.05) is 0 Å². The average Bonchev–Trinajstić information content (AvgIpc) is 2.79. The van der Waals surface area contributed by atoms with Crippen LogP contribution in [0.4, 0.5) is 0 Å². The van der Waals surface area contributed by atoms with E-state index in [1.807, 2.05) is 0 Å². The quantitative estimate of drug-likeness (QED) is 0.491. The second-order valence-corrected chi connectivity index (χ2v) is 7.48. The fraction of sp³-hybridized carbons (Fsp3) is 0.722. The second kappa shape index (κ2) is 7.13. The Bertz CT molecular complexity index is 440. The molecule has 0 aromatic rings. The Morgan fingerprint density at radius 1 is 1.48 bits per heavy atom. The van der Waals surface area contributed by atoms with Crippen LogP contribution in [0, 0.1) is 17.3 Å². The Morgan fingerprint density at radius 2 is 2.24 bits per heavy atom. The monoisotopic (exact) mass is 354 g/mol. The molecule has 21 heavy (non-hydrogen) atoms. The summed E-state index contributed by atoms with van der Waals surface area (Å²) in [7, 11) is 0. The predicted molar refractivity (Wildman–Crippen MR) is 90.4 cm³/mol. The summed E-state index contributed by atoms with van der Waals surface area (Å²) in [5.41, 5.74) is 2.44. The van der Waals surface area contributed by atoms with Crippen molar-refractivity contribution in [3.05, 3.63) is 22.7 Å². The van der Waals surface area contributed by atoms with E-state index in [9.17, 15) is 4.79 Å². The summed E-state index contributed by atoms with van der Waals surface area (Å²) >= 11 is 3.56. The van der Waals surface area contributed by atoms with Crippen molar-refractivity contribution in [1.82, 2.24) is 0 Å². The SMILES string of the molecule is C=C(CCCCC1CCC2/C(=C/Br)CCCC12C)C(=O)O. The van der Waals surface area contributed by atoms with Crippen LogP contribution in [0.25, 0.3) is 0 Å². The molecule has 2 aliphatic rings. The molecule has 0 saturated heterocycles. The van der Waals surface area contributed by atoms with Crippen molar-refractivity contribution in [3.63, 3.8) is 0 Å². The Morgan fingerprint density at radius 3 is 2.90 bits per heavy atom. The van der Waals surface area contributed by atoms with E-state index in [4.69, 9.17) is 5.11 Å². The van der Waals surface area contributed by atoms with Crippen molar-refractivity contribution in [2.24, 2.45) is 17.3 Å². The first kappa shape index (κ1) is 16.8. The van der Waals surface area contributed by atoms with Gasteiger partial charge in [0.1, 0.15) is 0 Å². The van der Waals surface area contributed by atoms with Crippen LogP contribution in [-0.2, 0) is 4.79 Å². The molecule has 0 aliphatic heterocycles. The molecule has 1 N–H and O–H groups in total. The molecule has 0 spiro atoms. The lowest BCUT2D eigenvalue weighted by Crippen LogP contribution is -2.33. The number of aliphatic carboxylic acids is 1. The van der Waals surface area contributed by atoms with Gasteiger partial charge in [-0.05, 0) is 73.6 Å². The minimum Gasteiger partial charge on any atom is -0.478 e. The highest BCUT2D eigenvalue weighted by Crippen LogP contribution is 2.58. The third-order valence-corrected chi connectivity index (χ3v) is 6.47. The van der Waals surface area contributed by atoms with Crippen LogP contribution in [0.3, 0.4) is 0 Å². The molecule has 0 radical (unpaired) electrons. The van der Waals surface area contributed by atoms with Crippen molar-refractivity contribution < 1.29 is 9.90 Å². The molecule has 2 aliphatic carbocycles. The molecule has 3 heteroatoms. The number of fused-ring (bicyclic) bond motifs is 1. The summed E-state index contributed by atoms with van der Waals surface area (Å²) < 4.78 is 0. The zero-order chi connectivity index (χ0) is 15.5. The molecule has 0 bridgehead atoms. The van der Waals surface area contributed by atoms with E-state index in [0.717, 1.165) is 24.7 Å². The molecule has 0 aromatic heterocycles. The largest absolute Gasteiger partial charge is 0.478 e. The minimum absolute atomic E-state index is 0.354. The molecule has 2 saturated carbocycles. The molecule has 2 rings (SSSR count). The average molecular weight is 355 g/mol. The zero-order valence-corrected chi connectivity index (χ0v) is 14.6. The van der Waals surface area contributed by atoms with Crippen LogP contribution in [-0.4, -0.2) is 11.1 Å². The lowest BCUT2D eigenvalue weighted by atomic mass is 9.63. The summed E-state index contributed by atoms with van der Waals surface area (Å²) in [4.78, 5) is 12.9. The lowest BCUT2D eigenvalue weighted by molar-refractivity contribution is -0.132. The molecule has 2 nitrogen and oxygen atoms in total. The van der Waals surface area contributed by atoms with E-state index in [0.29, 0.717) is 17.4 Å². The Hall–Kier alpha value is -0.570. The van der Waals surface area contributed by atoms with E-state index in [-0.39, 0.29) is 0 Å². The molecule has 2 fully saturated rings. The molecule has 118 valence electrons. The maximum atomic E-state index is 10.7. The second-order valence-electron chi connectivity index (χ2n) is 7.02. The Kier molecular flexibility index (Phi) is 5.70. The smallest absolute Gasteiger partial charge is 0.330 e. The first-order valence-electron chi connectivity index (χ1n) is 8.19. The van der Waals surface area contributed by atoms with Crippen molar-refractivity contribution >= 4 is 21.9 Å². The van der Waals surface area contributed by atoms with Crippen LogP contribution < -0.4 is 0 Å². The molecule has 3 atom stereocenters. The maximum absolute atomic E-state index is 10.7. The fourth-order valence-electron chi connectivity index (χ4n) is 4.59. The van der Waals surface area contributed by atoms with Crippen LogP contribution >= 0.6 is 15.9 Å². The van der Waals surface area contributed by atoms with Gasteiger partial charge in [-0.15, -0.1) is 0 Å². The van der Waals surface area contributed by atoms with Gasteiger partial charge in [0.2, 0.25) is 0 Å². The molecule has 0 aromatic carbocycles. The van der Waals surface area contributed by atoms with Gasteiger partial charge in [-0.1, -0.05) is 41.4 Å². The summed E-state index contributed by atoms with van der Waals surface area (Å²) in [6.07, 6.45) is 10.6. The number of carboxylic acids is 1. The number of hydrogen-bond donors (Lipinski definition) is 1. The van der Waals surface area contributed by atoms with Gasteiger partial charge in [0.05, 0.1) is 0 Å². The summed E-state index contributed by atoms with van der Waals surface area (Å²) in [5.74, 6) is 0.732. The summed E-state index contributed by atoms with van der Waals surface area (Å²) in [6.45, 7) is 6.10. The third-order valence-electron chi connectivity index (χ3n) is 5.88. The van der Waals surface area contributed by atoms with Crippen molar-refractivity contribution in [2.45, 2.75) is 64.7 Å². The maximum Gasteiger partial charge on any atom is 0.330 e. The molecular weight excluding hydrogens is 328 g/mol. The lowest BCUT2D eigenvalue weighted by Gasteiger charge is -2.42. The number of carboxylic acid groups (broad SMARTS) is 1. The number of halogens is 1. The Labute approximate surface area is 136 Å². The molecule has 0 heterocycles. The van der Waals surface area contributed by atoms with Crippen molar-refractivity contribution in [3.8, 4) is 0 Å². The number of rotatable bonds is 6. The topological polar surface area (TPSA) is 37.3 Å². The van der Waals surface area contributed by atoms with Crippen LogP contribution in [0.5, 0.6) is 0 Å². The van der Waals surface area contributed by atoms with E-state index in [2.05, 4.69) is 34.4 Å². The first-order chi connectivity index (χ1) is 9.99. The van der Waals surface area contributed by atoms with Gasteiger partial charge in [0.15, 0.2) is 0 Å². The molecular formula is C18H27BrO2. The van der Waals surface area contributed by atoms with Gasteiger partial charge in [-0.25, -0.2) is 4.79 Å². The predicted octanol–water partition coefficient (Wildman–Crippen LogP) is 5.68. The fourth-order valence-corrected chi connectivity index (χ4v) is 5.14. The third kappa shape index (κ3) is 3.61. The number of allylic oxidation sites excluding steroid dienone is 1. The summed E-state index contributed by atoms with van der Waals surface area (Å²) in [5, 5.41) is 8.83. The zero-order valence-electron chi connectivity index (χ0n) is 13.0. The van der Waals surface area contributed by atoms with Crippen LogP contribution in [0.2, 0.25) is 0 Å². The number of carbonyl (C=O) groups is 1. The number of unbranched alkanes of at least 4 members (excludes halogenated alkanes) is 1. The molecule has 0 amide bonds. The van der Waals surface area contributed by atoms with Gasteiger partial charge >= 0.3 is 5.97 Å². The van der Waals surface area contributed by atoms with Crippen molar-refractivity contribution in [1.29, 1.82) is 0 Å². The molecule has 3 unspecified atom stereocenters. The van der Waals surface area contributed by atoms with E-state index in [1.165, 1.54) is 38.5 Å². The van der Waals surface area contributed by atoms with E-state index >= 15 is 0 Å². The first-order valence-corrected chi connectivity index (χ1v) is 9.11. The highest BCUT2D eigenvalue weighted by atomic mass is 79.9. The van der Waals surface area contributed by atoms with Gasteiger partial charge in [-0.2, -0.15) is 0 Å². The van der Waals surface area contributed by atoms with Gasteiger partial charge in [-0.3, -0.25) is 0 Å². The van der Waals surface area contributed by atoms with Gasteiger partial charge in [0.25, 0.3) is 0 Å². The highest BCUT2D eigenvalue weighted by Gasteiger charge is 2.48. The van der Waals surface area contributed by atoms with Gasteiger partial charge in [0, 0.05) is 5.57 Å². The normalized spacial score (nSPS) is 33.9. The van der Waals surface area contributed by atoms with E-state index in [1.54, 1.807) is 5.57 Å². The standard InChI is InChI=1S/C18H27BrO2/c1-13(17(20)21)6-3-4-8-15-9-10-16-14(12-19)7-5-11-18(15,16)2/h12,15-16H,1,3-11H2,2H3,(H,20,21)/b14-12+.